The molecule has 31 heavy (non-hydrogen) atoms. The fourth-order valence-electron chi connectivity index (χ4n) is 2.90. The van der Waals surface area contributed by atoms with Gasteiger partial charge in [0.25, 0.3) is 5.91 Å². The normalized spacial score (nSPS) is 15.3. The fraction of sp³-hybridized carbons (Fsp3) is 0.261. The first-order valence-electron chi connectivity index (χ1n) is 9.89. The number of esters is 1. The molecular weight excluding hydrogens is 416 g/mol. The number of carbonyl (C=O) groups excluding carboxylic acids is 2. The van der Waals surface area contributed by atoms with Crippen LogP contribution in [0.3, 0.4) is 0 Å². The maximum Gasteiger partial charge on any atom is 0.306 e. The molecule has 0 spiro atoms. The number of amides is 1. The van der Waals surface area contributed by atoms with E-state index in [1.807, 2.05) is 36.4 Å². The van der Waals surface area contributed by atoms with Crippen LogP contribution in [0.2, 0.25) is 0 Å². The van der Waals surface area contributed by atoms with Crippen LogP contribution in [0.15, 0.2) is 65.8 Å². The SMILES string of the molecule is N#Cc1ccc(OC2=CC(=O)N(CCCCCC(=O)OCc3ccccc3)S2=O)cc1. The van der Waals surface area contributed by atoms with Gasteiger partial charge in [0.1, 0.15) is 12.4 Å². The van der Waals surface area contributed by atoms with Crippen LogP contribution in [-0.2, 0) is 31.9 Å². The molecule has 3 rings (SSSR count). The maximum absolute atomic E-state index is 12.5. The first-order valence-corrected chi connectivity index (χ1v) is 11.0. The molecule has 1 heterocycles. The second-order valence-corrected chi connectivity index (χ2v) is 8.19. The lowest BCUT2D eigenvalue weighted by molar-refractivity contribution is -0.145. The first-order chi connectivity index (χ1) is 15.1. The molecule has 2 aromatic rings. The van der Waals surface area contributed by atoms with Crippen LogP contribution in [0.25, 0.3) is 0 Å². The van der Waals surface area contributed by atoms with E-state index in [-0.39, 0.29) is 23.6 Å². The van der Waals surface area contributed by atoms with Crippen molar-refractivity contribution in [2.75, 3.05) is 6.54 Å². The molecule has 8 heteroatoms. The van der Waals surface area contributed by atoms with Gasteiger partial charge in [-0.05, 0) is 42.7 Å². The highest BCUT2D eigenvalue weighted by atomic mass is 32.2. The Bertz CT molecular complexity index is 1010. The topological polar surface area (TPSA) is 96.7 Å². The van der Waals surface area contributed by atoms with E-state index in [2.05, 4.69) is 0 Å². The van der Waals surface area contributed by atoms with Crippen molar-refractivity contribution in [1.82, 2.24) is 4.31 Å². The highest BCUT2D eigenvalue weighted by molar-refractivity contribution is 7.87. The molecule has 0 fully saturated rings. The summed E-state index contributed by atoms with van der Waals surface area (Å²) in [5.41, 5.74) is 1.42. The van der Waals surface area contributed by atoms with E-state index in [1.165, 1.54) is 10.4 Å². The molecule has 0 bridgehead atoms. The highest BCUT2D eigenvalue weighted by Gasteiger charge is 2.31. The van der Waals surface area contributed by atoms with E-state index in [4.69, 9.17) is 14.7 Å². The van der Waals surface area contributed by atoms with E-state index in [0.717, 1.165) is 5.56 Å². The lowest BCUT2D eigenvalue weighted by Gasteiger charge is -2.15. The van der Waals surface area contributed by atoms with E-state index >= 15 is 0 Å². The standard InChI is InChI=1S/C23H22N2O5S/c24-16-18-10-12-20(13-11-18)30-23-15-21(26)25(31(23)28)14-6-2-5-9-22(27)29-17-19-7-3-1-4-8-19/h1,3-4,7-8,10-13,15H,2,5-6,9,14,17H2. The minimum absolute atomic E-state index is 0.0687. The van der Waals surface area contributed by atoms with Crippen LogP contribution < -0.4 is 4.74 Å². The van der Waals surface area contributed by atoms with Gasteiger partial charge in [-0.1, -0.05) is 36.8 Å². The Labute approximate surface area is 183 Å². The van der Waals surface area contributed by atoms with Gasteiger partial charge in [0.2, 0.25) is 5.09 Å². The predicted molar refractivity (Wildman–Crippen MR) is 114 cm³/mol. The summed E-state index contributed by atoms with van der Waals surface area (Å²) in [5.74, 6) is -0.226. The quantitative estimate of drug-likeness (QED) is 0.415. The molecule has 0 N–H and O–H groups in total. The van der Waals surface area contributed by atoms with E-state index in [0.29, 0.717) is 43.5 Å². The number of nitriles is 1. The van der Waals surface area contributed by atoms with Gasteiger partial charge in [0, 0.05) is 13.0 Å². The van der Waals surface area contributed by atoms with Crippen LogP contribution in [-0.4, -0.2) is 26.9 Å². The third kappa shape index (κ3) is 6.52. The molecule has 0 aromatic heterocycles. The number of unbranched alkanes of at least 4 members (excludes halogenated alkanes) is 2. The van der Waals surface area contributed by atoms with Gasteiger partial charge in [0.05, 0.1) is 17.7 Å². The molecule has 0 aliphatic carbocycles. The molecule has 160 valence electrons. The monoisotopic (exact) mass is 438 g/mol. The Hall–Kier alpha value is -3.44. The Morgan fingerprint density at radius 2 is 1.77 bits per heavy atom. The minimum atomic E-state index is -1.71. The van der Waals surface area contributed by atoms with Crippen molar-refractivity contribution in [2.45, 2.75) is 32.3 Å². The Kier molecular flexibility index (Phi) is 7.96. The van der Waals surface area contributed by atoms with Crippen LogP contribution >= 0.6 is 0 Å². The zero-order valence-corrected chi connectivity index (χ0v) is 17.7. The zero-order chi connectivity index (χ0) is 22.1. The highest BCUT2D eigenvalue weighted by Crippen LogP contribution is 2.23. The summed E-state index contributed by atoms with van der Waals surface area (Å²) in [6.45, 7) is 0.565. The van der Waals surface area contributed by atoms with Crippen LogP contribution in [0.5, 0.6) is 5.75 Å². The molecule has 1 aliphatic heterocycles. The van der Waals surface area contributed by atoms with Crippen molar-refractivity contribution in [3.63, 3.8) is 0 Å². The van der Waals surface area contributed by atoms with E-state index < -0.39 is 11.0 Å². The smallest absolute Gasteiger partial charge is 0.306 e. The molecule has 1 unspecified atom stereocenters. The second-order valence-electron chi connectivity index (χ2n) is 6.85. The molecular formula is C23H22N2O5S. The second kappa shape index (κ2) is 11.1. The molecule has 1 atom stereocenters. The van der Waals surface area contributed by atoms with Gasteiger partial charge in [-0.3, -0.25) is 13.9 Å². The Balaban J connectivity index is 1.35. The van der Waals surface area contributed by atoms with Crippen molar-refractivity contribution in [1.29, 1.82) is 5.26 Å². The number of carbonyl (C=O) groups is 2. The molecule has 0 saturated carbocycles. The lowest BCUT2D eigenvalue weighted by atomic mass is 10.2. The van der Waals surface area contributed by atoms with Gasteiger partial charge in [0.15, 0.2) is 11.0 Å². The molecule has 7 nitrogen and oxygen atoms in total. The summed E-state index contributed by atoms with van der Waals surface area (Å²) in [6, 6.07) is 17.8. The summed E-state index contributed by atoms with van der Waals surface area (Å²) >= 11 is 0. The van der Waals surface area contributed by atoms with Gasteiger partial charge in [-0.2, -0.15) is 5.26 Å². The summed E-state index contributed by atoms with van der Waals surface area (Å²) < 4.78 is 24.5. The average molecular weight is 439 g/mol. The molecule has 0 radical (unpaired) electrons. The van der Waals surface area contributed by atoms with Gasteiger partial charge >= 0.3 is 5.97 Å². The van der Waals surface area contributed by atoms with Crippen molar-refractivity contribution in [3.05, 3.63) is 76.9 Å². The lowest BCUT2D eigenvalue weighted by Crippen LogP contribution is -2.28. The van der Waals surface area contributed by atoms with Crippen LogP contribution in [0, 0.1) is 11.3 Å². The Morgan fingerprint density at radius 3 is 2.48 bits per heavy atom. The number of ether oxygens (including phenoxy) is 2. The number of hydrogen-bond acceptors (Lipinski definition) is 6. The predicted octanol–water partition coefficient (Wildman–Crippen LogP) is 3.59. The van der Waals surface area contributed by atoms with Crippen molar-refractivity contribution in [3.8, 4) is 11.8 Å². The van der Waals surface area contributed by atoms with Gasteiger partial charge in [-0.25, -0.2) is 4.21 Å². The first kappa shape index (κ1) is 22.2. The minimum Gasteiger partial charge on any atom is -0.461 e. The van der Waals surface area contributed by atoms with Crippen LogP contribution in [0.4, 0.5) is 0 Å². The van der Waals surface area contributed by atoms with Crippen molar-refractivity contribution in [2.24, 2.45) is 0 Å². The summed E-state index contributed by atoms with van der Waals surface area (Å²) in [5, 5.41) is 8.89. The summed E-state index contributed by atoms with van der Waals surface area (Å²) in [6.07, 6.45) is 3.46. The van der Waals surface area contributed by atoms with Crippen LogP contribution in [0.1, 0.15) is 36.8 Å². The number of hydrogen-bond donors (Lipinski definition) is 0. The summed E-state index contributed by atoms with van der Waals surface area (Å²) in [7, 11) is -1.71. The van der Waals surface area contributed by atoms with Gasteiger partial charge in [-0.15, -0.1) is 0 Å². The number of nitrogens with zero attached hydrogens (tertiary/aromatic N) is 2. The average Bonchev–Trinajstić information content (AvgIpc) is 3.06. The molecule has 0 saturated heterocycles. The summed E-state index contributed by atoms with van der Waals surface area (Å²) in [4.78, 5) is 24.0. The van der Waals surface area contributed by atoms with Crippen molar-refractivity contribution < 1.29 is 23.3 Å². The maximum atomic E-state index is 12.5. The Morgan fingerprint density at radius 1 is 1.03 bits per heavy atom. The van der Waals surface area contributed by atoms with Crippen molar-refractivity contribution >= 4 is 22.9 Å². The fourth-order valence-corrected chi connectivity index (χ4v) is 3.99. The zero-order valence-electron chi connectivity index (χ0n) is 16.9. The molecule has 1 amide bonds. The van der Waals surface area contributed by atoms with E-state index in [9.17, 15) is 13.8 Å². The van der Waals surface area contributed by atoms with E-state index in [1.54, 1.807) is 24.3 Å². The third-order valence-corrected chi connectivity index (χ3v) is 5.85. The third-order valence-electron chi connectivity index (χ3n) is 4.55. The molecule has 2 aromatic carbocycles. The number of benzene rings is 2. The number of rotatable bonds is 10. The largest absolute Gasteiger partial charge is 0.461 e. The van der Waals surface area contributed by atoms with Gasteiger partial charge < -0.3 is 9.47 Å². The molecule has 1 aliphatic rings.